The van der Waals surface area contributed by atoms with Crippen LogP contribution in [0.3, 0.4) is 0 Å². The van der Waals surface area contributed by atoms with Gasteiger partial charge in [0, 0.05) is 24.3 Å². The van der Waals surface area contributed by atoms with Crippen molar-refractivity contribution < 1.29 is 28.9 Å². The number of hydrogen-bond donors (Lipinski definition) is 0. The van der Waals surface area contributed by atoms with Gasteiger partial charge in [0.15, 0.2) is 12.2 Å². The summed E-state index contributed by atoms with van der Waals surface area (Å²) in [7, 11) is 0. The number of hydrogen-bond acceptors (Lipinski definition) is 8. The van der Waals surface area contributed by atoms with Gasteiger partial charge in [0.05, 0.1) is 21.0 Å². The molecule has 0 aliphatic heterocycles. The number of nitrogens with zero attached hydrogens (tertiary/aromatic N) is 2. The first kappa shape index (κ1) is 22.0. The maximum atomic E-state index is 12.0. The molecule has 0 bridgehead atoms. The van der Waals surface area contributed by atoms with Crippen LogP contribution < -0.4 is 0 Å². The van der Waals surface area contributed by atoms with Gasteiger partial charge in [0.2, 0.25) is 0 Å². The Morgan fingerprint density at radius 3 is 1.30 bits per heavy atom. The summed E-state index contributed by atoms with van der Waals surface area (Å²) in [5.41, 5.74) is -0.0371. The molecule has 10 nitrogen and oxygen atoms in total. The van der Waals surface area contributed by atoms with Crippen molar-refractivity contribution in [2.24, 2.45) is 0 Å². The summed E-state index contributed by atoms with van der Waals surface area (Å²) in [6.07, 6.45) is -1.65. The second kappa shape index (κ2) is 9.79. The predicted octanol–water partition coefficient (Wildman–Crippen LogP) is 3.30. The third kappa shape index (κ3) is 6.13. The fourth-order valence-electron chi connectivity index (χ4n) is 2.19. The van der Waals surface area contributed by atoms with Gasteiger partial charge < -0.3 is 9.47 Å². The van der Waals surface area contributed by atoms with Crippen molar-refractivity contribution in [2.75, 3.05) is 0 Å². The molecular formula is C20H16N2O8. The normalized spacial score (nSPS) is 11.9. The SMILES string of the molecule is C[C@H](C#C[C@H](C)OC(=O)c1ccc([N+](=O)[O-])cc1)OC(=O)c1ccc([N+](=O)[O-])cc1. The summed E-state index contributed by atoms with van der Waals surface area (Å²) in [4.78, 5) is 44.1. The third-order valence-electron chi connectivity index (χ3n) is 3.69. The van der Waals surface area contributed by atoms with E-state index in [9.17, 15) is 29.8 Å². The van der Waals surface area contributed by atoms with Gasteiger partial charge in [0.25, 0.3) is 11.4 Å². The molecule has 0 N–H and O–H groups in total. The first-order chi connectivity index (χ1) is 14.2. The Bertz CT molecular complexity index is 938. The molecule has 0 saturated carbocycles. The molecule has 0 fully saturated rings. The number of nitro groups is 2. The Labute approximate surface area is 170 Å². The van der Waals surface area contributed by atoms with E-state index in [4.69, 9.17) is 9.47 Å². The monoisotopic (exact) mass is 412 g/mol. The van der Waals surface area contributed by atoms with Crippen LogP contribution in [0.15, 0.2) is 48.5 Å². The zero-order valence-corrected chi connectivity index (χ0v) is 15.9. The van der Waals surface area contributed by atoms with Crippen molar-refractivity contribution in [3.05, 3.63) is 79.9 Å². The lowest BCUT2D eigenvalue weighted by Gasteiger charge is -2.09. The molecule has 0 radical (unpaired) electrons. The van der Waals surface area contributed by atoms with Crippen LogP contribution in [0.4, 0.5) is 11.4 Å². The highest BCUT2D eigenvalue weighted by molar-refractivity contribution is 5.90. The second-order valence-corrected chi connectivity index (χ2v) is 5.99. The Kier molecular flexibility index (Phi) is 7.19. The van der Waals surface area contributed by atoms with Gasteiger partial charge >= 0.3 is 11.9 Å². The van der Waals surface area contributed by atoms with Crippen molar-refractivity contribution in [1.29, 1.82) is 0 Å². The van der Waals surface area contributed by atoms with Crippen molar-refractivity contribution in [3.63, 3.8) is 0 Å². The molecule has 30 heavy (non-hydrogen) atoms. The molecule has 0 aliphatic carbocycles. The number of esters is 2. The fraction of sp³-hybridized carbons (Fsp3) is 0.200. The highest BCUT2D eigenvalue weighted by Gasteiger charge is 2.14. The number of ether oxygens (including phenoxy) is 2. The molecule has 2 aromatic carbocycles. The van der Waals surface area contributed by atoms with E-state index in [2.05, 4.69) is 11.8 Å². The van der Waals surface area contributed by atoms with Gasteiger partial charge in [-0.15, -0.1) is 0 Å². The van der Waals surface area contributed by atoms with E-state index in [-0.39, 0.29) is 22.5 Å². The van der Waals surface area contributed by atoms with Crippen LogP contribution in [0.5, 0.6) is 0 Å². The lowest BCUT2D eigenvalue weighted by atomic mass is 10.2. The Hall–Kier alpha value is -4.26. The van der Waals surface area contributed by atoms with Crippen LogP contribution in [-0.2, 0) is 9.47 Å². The number of rotatable bonds is 6. The van der Waals surface area contributed by atoms with E-state index in [0.29, 0.717) is 0 Å². The molecule has 0 spiro atoms. The van der Waals surface area contributed by atoms with Gasteiger partial charge in [-0.25, -0.2) is 9.59 Å². The van der Waals surface area contributed by atoms with E-state index in [1.165, 1.54) is 62.4 Å². The molecule has 2 rings (SSSR count). The average Bonchev–Trinajstić information content (AvgIpc) is 2.72. The van der Waals surface area contributed by atoms with Crippen LogP contribution >= 0.6 is 0 Å². The summed E-state index contributed by atoms with van der Waals surface area (Å²) in [5.74, 6) is 3.84. The van der Waals surface area contributed by atoms with Crippen LogP contribution in [0.25, 0.3) is 0 Å². The smallest absolute Gasteiger partial charge is 0.339 e. The second-order valence-electron chi connectivity index (χ2n) is 5.99. The zero-order chi connectivity index (χ0) is 22.3. The van der Waals surface area contributed by atoms with Gasteiger partial charge in [-0.2, -0.15) is 0 Å². The van der Waals surface area contributed by atoms with Gasteiger partial charge in [-0.3, -0.25) is 20.2 Å². The Morgan fingerprint density at radius 1 is 0.733 bits per heavy atom. The molecule has 0 aliphatic rings. The summed E-state index contributed by atoms with van der Waals surface area (Å²) in [6.45, 7) is 3.03. The minimum atomic E-state index is -0.826. The maximum Gasteiger partial charge on any atom is 0.339 e. The first-order valence-electron chi connectivity index (χ1n) is 8.59. The van der Waals surface area contributed by atoms with E-state index < -0.39 is 34.0 Å². The predicted molar refractivity (Wildman–Crippen MR) is 104 cm³/mol. The van der Waals surface area contributed by atoms with Gasteiger partial charge in [0.1, 0.15) is 0 Å². The van der Waals surface area contributed by atoms with E-state index in [1.54, 1.807) is 0 Å². The topological polar surface area (TPSA) is 139 Å². The molecular weight excluding hydrogens is 396 g/mol. The number of carbonyl (C=O) groups excluding carboxylic acids is 2. The summed E-state index contributed by atoms with van der Waals surface area (Å²) in [6, 6.07) is 9.84. The molecule has 0 aromatic heterocycles. The van der Waals surface area contributed by atoms with Gasteiger partial charge in [-0.1, -0.05) is 11.8 Å². The van der Waals surface area contributed by atoms with Crippen molar-refractivity contribution >= 4 is 23.3 Å². The minimum absolute atomic E-state index is 0.131. The Balaban J connectivity index is 1.90. The van der Waals surface area contributed by atoms with Gasteiger partial charge in [-0.05, 0) is 38.1 Å². The molecule has 10 heteroatoms. The lowest BCUT2D eigenvalue weighted by molar-refractivity contribution is -0.385. The largest absolute Gasteiger partial charge is 0.446 e. The molecule has 154 valence electrons. The molecule has 0 unspecified atom stereocenters. The number of carbonyl (C=O) groups is 2. The van der Waals surface area contributed by atoms with Crippen LogP contribution in [0.1, 0.15) is 34.6 Å². The van der Waals surface area contributed by atoms with E-state index >= 15 is 0 Å². The van der Waals surface area contributed by atoms with Crippen molar-refractivity contribution in [1.82, 2.24) is 0 Å². The van der Waals surface area contributed by atoms with Crippen LogP contribution in [0.2, 0.25) is 0 Å². The summed E-state index contributed by atoms with van der Waals surface area (Å²) >= 11 is 0. The fourth-order valence-corrected chi connectivity index (χ4v) is 2.19. The van der Waals surface area contributed by atoms with Crippen LogP contribution in [0, 0.1) is 32.1 Å². The Morgan fingerprint density at radius 2 is 1.03 bits per heavy atom. The molecule has 2 atom stereocenters. The summed E-state index contributed by atoms with van der Waals surface area (Å²) < 4.78 is 10.3. The molecule has 0 amide bonds. The van der Waals surface area contributed by atoms with Crippen molar-refractivity contribution in [2.45, 2.75) is 26.1 Å². The lowest BCUT2D eigenvalue weighted by Crippen LogP contribution is -2.16. The quantitative estimate of drug-likeness (QED) is 0.305. The molecule has 0 heterocycles. The highest BCUT2D eigenvalue weighted by Crippen LogP contribution is 2.14. The minimum Gasteiger partial charge on any atom is -0.446 e. The average molecular weight is 412 g/mol. The molecule has 0 saturated heterocycles. The standard InChI is InChI=1S/C20H16N2O8/c1-13(29-19(23)15-5-9-17(10-6-15)21(25)26)3-4-14(2)30-20(24)16-7-11-18(12-8-16)22(27)28/h5-14H,1-2H3/t13-,14+. The first-order valence-corrected chi connectivity index (χ1v) is 8.59. The van der Waals surface area contributed by atoms with E-state index in [0.717, 1.165) is 0 Å². The zero-order valence-electron chi connectivity index (χ0n) is 15.9. The van der Waals surface area contributed by atoms with E-state index in [1.807, 2.05) is 0 Å². The highest BCUT2D eigenvalue weighted by atomic mass is 16.6. The van der Waals surface area contributed by atoms with Crippen molar-refractivity contribution in [3.8, 4) is 11.8 Å². The van der Waals surface area contributed by atoms with Crippen LogP contribution in [-0.4, -0.2) is 34.0 Å². The third-order valence-corrected chi connectivity index (χ3v) is 3.69. The summed E-state index contributed by atoms with van der Waals surface area (Å²) in [5, 5.41) is 21.3. The maximum absolute atomic E-state index is 12.0. The number of non-ortho nitro benzene ring substituents is 2. The number of nitro benzene ring substituents is 2. The number of benzene rings is 2. The molecule has 2 aromatic rings.